The molecular formula is C20H22N2O4. The van der Waals surface area contributed by atoms with Crippen LogP contribution in [0.15, 0.2) is 42.5 Å². The first-order valence-corrected chi connectivity index (χ1v) is 8.45. The first kappa shape index (κ1) is 17.8. The Morgan fingerprint density at radius 2 is 1.96 bits per heavy atom. The zero-order valence-electron chi connectivity index (χ0n) is 15.1. The zero-order valence-corrected chi connectivity index (χ0v) is 15.1. The minimum absolute atomic E-state index is 0.00521. The smallest absolute Gasteiger partial charge is 0.414 e. The summed E-state index contributed by atoms with van der Waals surface area (Å²) in [7, 11) is 0. The number of carbonyl (C=O) groups excluding carboxylic acids is 2. The summed E-state index contributed by atoms with van der Waals surface area (Å²) < 4.78 is 4.93. The van der Waals surface area contributed by atoms with Crippen LogP contribution in [0.5, 0.6) is 5.75 Å². The third-order valence-electron chi connectivity index (χ3n) is 4.29. The molecule has 2 N–H and O–H groups in total. The summed E-state index contributed by atoms with van der Waals surface area (Å²) in [5, 5.41) is 12.8. The molecule has 0 unspecified atom stereocenters. The van der Waals surface area contributed by atoms with Crippen LogP contribution >= 0.6 is 0 Å². The molecule has 2 aromatic rings. The lowest BCUT2D eigenvalue weighted by molar-refractivity contribution is 0.102. The molecule has 6 nitrogen and oxygen atoms in total. The Kier molecular flexibility index (Phi) is 4.59. The van der Waals surface area contributed by atoms with Gasteiger partial charge in [0.2, 0.25) is 0 Å². The third kappa shape index (κ3) is 3.64. The highest BCUT2D eigenvalue weighted by Crippen LogP contribution is 2.31. The molecule has 26 heavy (non-hydrogen) atoms. The van der Waals surface area contributed by atoms with Crippen LogP contribution in [0, 0.1) is 0 Å². The lowest BCUT2D eigenvalue weighted by atomic mass is 9.87. The molecule has 0 radical (unpaired) electrons. The van der Waals surface area contributed by atoms with E-state index >= 15 is 0 Å². The van der Waals surface area contributed by atoms with Crippen molar-refractivity contribution in [3.05, 3.63) is 53.6 Å². The molecule has 1 fully saturated rings. The van der Waals surface area contributed by atoms with Gasteiger partial charge in [-0.1, -0.05) is 32.9 Å². The number of hydrogen-bond donors (Lipinski definition) is 2. The molecule has 0 aliphatic carbocycles. The molecule has 0 saturated carbocycles. The average molecular weight is 354 g/mol. The van der Waals surface area contributed by atoms with E-state index in [9.17, 15) is 14.7 Å². The molecule has 0 spiro atoms. The van der Waals surface area contributed by atoms with E-state index in [4.69, 9.17) is 4.74 Å². The topological polar surface area (TPSA) is 78.9 Å². The van der Waals surface area contributed by atoms with Crippen molar-refractivity contribution >= 4 is 23.4 Å². The van der Waals surface area contributed by atoms with E-state index in [2.05, 4.69) is 26.1 Å². The number of nitrogens with one attached hydrogen (secondary N) is 1. The fourth-order valence-corrected chi connectivity index (χ4v) is 2.74. The van der Waals surface area contributed by atoms with Crippen molar-refractivity contribution in [3.8, 4) is 5.75 Å². The predicted octanol–water partition coefficient (Wildman–Crippen LogP) is 3.90. The third-order valence-corrected chi connectivity index (χ3v) is 4.29. The Labute approximate surface area is 152 Å². The summed E-state index contributed by atoms with van der Waals surface area (Å²) in [5.41, 5.74) is 2.24. The Morgan fingerprint density at radius 1 is 1.19 bits per heavy atom. The van der Waals surface area contributed by atoms with Crippen molar-refractivity contribution in [1.29, 1.82) is 0 Å². The number of ether oxygens (including phenoxy) is 1. The van der Waals surface area contributed by atoms with E-state index in [0.717, 1.165) is 5.56 Å². The van der Waals surface area contributed by atoms with Crippen LogP contribution in [0.25, 0.3) is 0 Å². The van der Waals surface area contributed by atoms with Crippen LogP contribution in [0.4, 0.5) is 16.2 Å². The molecule has 2 amide bonds. The van der Waals surface area contributed by atoms with Gasteiger partial charge in [0, 0.05) is 11.3 Å². The van der Waals surface area contributed by atoms with Crippen LogP contribution in [0.2, 0.25) is 0 Å². The fraction of sp³-hybridized carbons (Fsp3) is 0.300. The molecule has 6 heteroatoms. The summed E-state index contributed by atoms with van der Waals surface area (Å²) >= 11 is 0. The normalized spacial score (nSPS) is 14.3. The van der Waals surface area contributed by atoms with E-state index in [1.165, 1.54) is 4.90 Å². The van der Waals surface area contributed by atoms with Gasteiger partial charge in [-0.2, -0.15) is 0 Å². The van der Waals surface area contributed by atoms with Crippen LogP contribution < -0.4 is 10.2 Å². The van der Waals surface area contributed by atoms with Crippen LogP contribution in [-0.2, 0) is 10.2 Å². The summed E-state index contributed by atoms with van der Waals surface area (Å²) in [5.74, 6) is -0.355. The van der Waals surface area contributed by atoms with E-state index in [0.29, 0.717) is 30.1 Å². The van der Waals surface area contributed by atoms with Crippen molar-refractivity contribution in [2.24, 2.45) is 0 Å². The summed E-state index contributed by atoms with van der Waals surface area (Å²) in [4.78, 5) is 25.8. The number of cyclic esters (lactones) is 1. The summed E-state index contributed by atoms with van der Waals surface area (Å²) in [6, 6.07) is 11.9. The largest absolute Gasteiger partial charge is 0.506 e. The van der Waals surface area contributed by atoms with Crippen molar-refractivity contribution in [1.82, 2.24) is 0 Å². The van der Waals surface area contributed by atoms with Gasteiger partial charge < -0.3 is 15.2 Å². The van der Waals surface area contributed by atoms with Gasteiger partial charge >= 0.3 is 6.09 Å². The van der Waals surface area contributed by atoms with Crippen molar-refractivity contribution in [2.45, 2.75) is 26.2 Å². The number of phenols is 1. The highest BCUT2D eigenvalue weighted by molar-refractivity contribution is 6.06. The van der Waals surface area contributed by atoms with Crippen LogP contribution in [-0.4, -0.2) is 30.3 Å². The Balaban J connectivity index is 1.84. The van der Waals surface area contributed by atoms with E-state index < -0.39 is 6.09 Å². The van der Waals surface area contributed by atoms with E-state index in [1.807, 2.05) is 6.07 Å². The number of amides is 2. The number of nitrogens with zero attached hydrogens (tertiary/aromatic N) is 1. The van der Waals surface area contributed by atoms with Gasteiger partial charge in [0.15, 0.2) is 0 Å². The molecule has 0 atom stereocenters. The number of carbonyl (C=O) groups is 2. The number of benzene rings is 2. The van der Waals surface area contributed by atoms with Gasteiger partial charge in [0.05, 0.1) is 12.2 Å². The lowest BCUT2D eigenvalue weighted by Gasteiger charge is -2.20. The number of anilines is 2. The number of phenolic OH excluding ortho intramolecular Hbond substituents is 1. The van der Waals surface area contributed by atoms with Gasteiger partial charge in [-0.25, -0.2) is 4.79 Å². The van der Waals surface area contributed by atoms with Crippen LogP contribution in [0.1, 0.15) is 36.7 Å². The second-order valence-electron chi connectivity index (χ2n) is 7.25. The minimum Gasteiger partial charge on any atom is -0.506 e. The second-order valence-corrected chi connectivity index (χ2v) is 7.25. The maximum atomic E-state index is 12.6. The zero-order chi connectivity index (χ0) is 18.9. The molecular weight excluding hydrogens is 332 g/mol. The van der Waals surface area contributed by atoms with Gasteiger partial charge in [-0.15, -0.1) is 0 Å². The molecule has 1 heterocycles. The van der Waals surface area contributed by atoms with Crippen LogP contribution in [0.3, 0.4) is 0 Å². The maximum absolute atomic E-state index is 12.6. The number of aromatic hydroxyl groups is 1. The quantitative estimate of drug-likeness (QED) is 0.820. The molecule has 1 aliphatic heterocycles. The molecule has 3 rings (SSSR count). The minimum atomic E-state index is -0.418. The highest BCUT2D eigenvalue weighted by Gasteiger charge is 2.24. The average Bonchev–Trinajstić information content (AvgIpc) is 3.02. The van der Waals surface area contributed by atoms with Gasteiger partial charge in [0.1, 0.15) is 12.4 Å². The predicted molar refractivity (Wildman–Crippen MR) is 99.9 cm³/mol. The Morgan fingerprint density at radius 3 is 2.62 bits per heavy atom. The SMILES string of the molecule is CC(C)(C)c1ccc(O)c(NC(=O)c2cccc(N3CCOC3=O)c2)c1. The summed E-state index contributed by atoms with van der Waals surface area (Å²) in [6.45, 7) is 6.97. The fourth-order valence-electron chi connectivity index (χ4n) is 2.74. The summed E-state index contributed by atoms with van der Waals surface area (Å²) in [6.07, 6.45) is -0.418. The van der Waals surface area contributed by atoms with Crippen molar-refractivity contribution in [2.75, 3.05) is 23.4 Å². The Bertz CT molecular complexity index is 855. The lowest BCUT2D eigenvalue weighted by Crippen LogP contribution is -2.23. The second kappa shape index (κ2) is 6.71. The van der Waals surface area contributed by atoms with Crippen molar-refractivity contribution < 1.29 is 19.4 Å². The first-order chi connectivity index (χ1) is 12.3. The molecule has 136 valence electrons. The monoisotopic (exact) mass is 354 g/mol. The Hall–Kier alpha value is -3.02. The van der Waals surface area contributed by atoms with Crippen molar-refractivity contribution in [3.63, 3.8) is 0 Å². The standard InChI is InChI=1S/C20H22N2O4/c1-20(2,3)14-7-8-17(23)16(12-14)21-18(24)13-5-4-6-15(11-13)22-9-10-26-19(22)25/h4-8,11-12,23H,9-10H2,1-3H3,(H,21,24). The number of rotatable bonds is 3. The number of hydrogen-bond acceptors (Lipinski definition) is 4. The van der Waals surface area contributed by atoms with Gasteiger partial charge in [-0.05, 0) is 41.3 Å². The maximum Gasteiger partial charge on any atom is 0.414 e. The van der Waals surface area contributed by atoms with E-state index in [-0.39, 0.29) is 17.1 Å². The molecule has 1 saturated heterocycles. The highest BCUT2D eigenvalue weighted by atomic mass is 16.6. The molecule has 0 aromatic heterocycles. The first-order valence-electron chi connectivity index (χ1n) is 8.45. The van der Waals surface area contributed by atoms with E-state index in [1.54, 1.807) is 36.4 Å². The molecule has 0 bridgehead atoms. The van der Waals surface area contributed by atoms with Gasteiger partial charge in [0.25, 0.3) is 5.91 Å². The molecule has 2 aromatic carbocycles. The molecule has 1 aliphatic rings. The van der Waals surface area contributed by atoms with Gasteiger partial charge in [-0.3, -0.25) is 9.69 Å².